The minimum Gasteiger partial charge on any atom is -0.502 e. The van der Waals surface area contributed by atoms with E-state index in [2.05, 4.69) is 25.2 Å². The number of carbonyl (C=O) groups is 1. The van der Waals surface area contributed by atoms with E-state index in [4.69, 9.17) is 4.74 Å². The highest BCUT2D eigenvalue weighted by atomic mass is 16.5. The van der Waals surface area contributed by atoms with Gasteiger partial charge in [0.2, 0.25) is 5.91 Å². The molecular weight excluding hydrogens is 250 g/mol. The van der Waals surface area contributed by atoms with E-state index in [1.54, 1.807) is 0 Å². The SMILES string of the molecule is CCCCNC(=O)CCCCCCCC=COCCC. The summed E-state index contributed by atoms with van der Waals surface area (Å²) in [5.74, 6) is 0.217. The zero-order valence-electron chi connectivity index (χ0n) is 13.5. The van der Waals surface area contributed by atoms with Crippen molar-refractivity contribution in [2.75, 3.05) is 13.2 Å². The van der Waals surface area contributed by atoms with Gasteiger partial charge in [0.15, 0.2) is 0 Å². The maximum atomic E-state index is 11.4. The van der Waals surface area contributed by atoms with E-state index in [0.29, 0.717) is 6.42 Å². The van der Waals surface area contributed by atoms with Gasteiger partial charge >= 0.3 is 0 Å². The molecule has 0 aromatic heterocycles. The Morgan fingerprint density at radius 2 is 1.75 bits per heavy atom. The van der Waals surface area contributed by atoms with Crippen molar-refractivity contribution in [2.24, 2.45) is 0 Å². The summed E-state index contributed by atoms with van der Waals surface area (Å²) in [4.78, 5) is 11.4. The van der Waals surface area contributed by atoms with Crippen LogP contribution in [0.15, 0.2) is 12.3 Å². The van der Waals surface area contributed by atoms with Gasteiger partial charge in [0.1, 0.15) is 0 Å². The molecular formula is C17H33NO2. The first-order valence-electron chi connectivity index (χ1n) is 8.34. The first kappa shape index (κ1) is 19.0. The number of allylic oxidation sites excluding steroid dienone is 1. The molecule has 0 spiro atoms. The minimum absolute atomic E-state index is 0.217. The molecule has 3 nitrogen and oxygen atoms in total. The fourth-order valence-corrected chi connectivity index (χ4v) is 1.89. The van der Waals surface area contributed by atoms with Crippen molar-refractivity contribution < 1.29 is 9.53 Å². The van der Waals surface area contributed by atoms with Crippen LogP contribution in [0.3, 0.4) is 0 Å². The fourth-order valence-electron chi connectivity index (χ4n) is 1.89. The summed E-state index contributed by atoms with van der Waals surface area (Å²) in [7, 11) is 0. The molecule has 0 aliphatic rings. The molecule has 0 saturated carbocycles. The summed E-state index contributed by atoms with van der Waals surface area (Å²) in [6.45, 7) is 5.90. The van der Waals surface area contributed by atoms with Crippen LogP contribution in [-0.2, 0) is 9.53 Å². The predicted molar refractivity (Wildman–Crippen MR) is 85.6 cm³/mol. The molecule has 1 N–H and O–H groups in total. The Labute approximate surface area is 125 Å². The number of ether oxygens (including phenoxy) is 1. The Balaban J connectivity index is 3.16. The fraction of sp³-hybridized carbons (Fsp3) is 0.824. The van der Waals surface area contributed by atoms with Crippen molar-refractivity contribution in [2.45, 2.75) is 78.1 Å². The summed E-state index contributed by atoms with van der Waals surface area (Å²) < 4.78 is 5.27. The Morgan fingerprint density at radius 3 is 2.50 bits per heavy atom. The van der Waals surface area contributed by atoms with Crippen LogP contribution in [0.5, 0.6) is 0 Å². The first-order valence-corrected chi connectivity index (χ1v) is 8.34. The van der Waals surface area contributed by atoms with Crippen molar-refractivity contribution in [1.82, 2.24) is 5.32 Å². The molecule has 0 saturated heterocycles. The Hall–Kier alpha value is -0.990. The third-order valence-electron chi connectivity index (χ3n) is 3.14. The van der Waals surface area contributed by atoms with Crippen LogP contribution in [-0.4, -0.2) is 19.1 Å². The standard InChI is InChI=1S/C17H33NO2/c1-3-5-14-18-17(19)13-11-9-7-6-8-10-12-16-20-15-4-2/h12,16H,3-11,13-15H2,1-2H3,(H,18,19). The van der Waals surface area contributed by atoms with Crippen molar-refractivity contribution in [3.8, 4) is 0 Å². The highest BCUT2D eigenvalue weighted by Crippen LogP contribution is 2.07. The average Bonchev–Trinajstić information content (AvgIpc) is 2.45. The van der Waals surface area contributed by atoms with Gasteiger partial charge in [-0.1, -0.05) is 39.5 Å². The van der Waals surface area contributed by atoms with Gasteiger partial charge in [-0.05, 0) is 38.2 Å². The van der Waals surface area contributed by atoms with Crippen molar-refractivity contribution in [3.05, 3.63) is 12.3 Å². The van der Waals surface area contributed by atoms with Gasteiger partial charge < -0.3 is 10.1 Å². The molecule has 0 aromatic rings. The molecule has 0 radical (unpaired) electrons. The van der Waals surface area contributed by atoms with Gasteiger partial charge in [-0.15, -0.1) is 0 Å². The molecule has 0 unspecified atom stereocenters. The summed E-state index contributed by atoms with van der Waals surface area (Å²) in [5, 5.41) is 2.96. The maximum Gasteiger partial charge on any atom is 0.219 e. The molecule has 20 heavy (non-hydrogen) atoms. The second-order valence-electron chi connectivity index (χ2n) is 5.25. The summed E-state index contributed by atoms with van der Waals surface area (Å²) in [6.07, 6.45) is 14.9. The number of hydrogen-bond donors (Lipinski definition) is 1. The topological polar surface area (TPSA) is 38.3 Å². The second kappa shape index (κ2) is 16.1. The van der Waals surface area contributed by atoms with Crippen LogP contribution < -0.4 is 5.32 Å². The molecule has 118 valence electrons. The van der Waals surface area contributed by atoms with Gasteiger partial charge in [-0.3, -0.25) is 4.79 Å². The van der Waals surface area contributed by atoms with E-state index < -0.39 is 0 Å². The minimum atomic E-state index is 0.217. The number of rotatable bonds is 14. The van der Waals surface area contributed by atoms with Gasteiger partial charge in [0.25, 0.3) is 0 Å². The van der Waals surface area contributed by atoms with Gasteiger partial charge in [0, 0.05) is 13.0 Å². The third-order valence-corrected chi connectivity index (χ3v) is 3.14. The average molecular weight is 283 g/mol. The second-order valence-corrected chi connectivity index (χ2v) is 5.25. The van der Waals surface area contributed by atoms with Crippen molar-refractivity contribution in [1.29, 1.82) is 0 Å². The molecule has 0 atom stereocenters. The van der Waals surface area contributed by atoms with E-state index in [1.165, 1.54) is 19.3 Å². The summed E-state index contributed by atoms with van der Waals surface area (Å²) in [6, 6.07) is 0. The van der Waals surface area contributed by atoms with Crippen LogP contribution in [0, 0.1) is 0 Å². The van der Waals surface area contributed by atoms with Crippen LogP contribution in [0.4, 0.5) is 0 Å². The highest BCUT2D eigenvalue weighted by molar-refractivity contribution is 5.75. The largest absolute Gasteiger partial charge is 0.502 e. The van der Waals surface area contributed by atoms with Crippen molar-refractivity contribution >= 4 is 5.91 Å². The third kappa shape index (κ3) is 15.1. The molecule has 0 aliphatic heterocycles. The normalized spacial score (nSPS) is 10.9. The first-order chi connectivity index (χ1) is 9.81. The zero-order valence-corrected chi connectivity index (χ0v) is 13.5. The Bertz CT molecular complexity index is 239. The lowest BCUT2D eigenvalue weighted by molar-refractivity contribution is -0.121. The predicted octanol–water partition coefficient (Wildman–Crippen LogP) is 4.57. The van der Waals surface area contributed by atoms with Crippen LogP contribution in [0.2, 0.25) is 0 Å². The molecule has 0 aromatic carbocycles. The quantitative estimate of drug-likeness (QED) is 0.374. The number of nitrogens with one attached hydrogen (secondary N) is 1. The number of unbranched alkanes of at least 4 members (excludes halogenated alkanes) is 6. The monoisotopic (exact) mass is 283 g/mol. The molecule has 0 rings (SSSR count). The van der Waals surface area contributed by atoms with Gasteiger partial charge in [0.05, 0.1) is 12.9 Å². The Morgan fingerprint density at radius 1 is 1.00 bits per heavy atom. The lowest BCUT2D eigenvalue weighted by Crippen LogP contribution is -2.23. The van der Waals surface area contributed by atoms with Crippen LogP contribution >= 0.6 is 0 Å². The van der Waals surface area contributed by atoms with E-state index in [-0.39, 0.29) is 5.91 Å². The summed E-state index contributed by atoms with van der Waals surface area (Å²) in [5.41, 5.74) is 0. The molecule has 1 amide bonds. The lowest BCUT2D eigenvalue weighted by Gasteiger charge is -2.04. The van der Waals surface area contributed by atoms with E-state index in [0.717, 1.165) is 51.7 Å². The molecule has 0 aliphatic carbocycles. The van der Waals surface area contributed by atoms with Gasteiger partial charge in [-0.25, -0.2) is 0 Å². The molecule has 0 bridgehead atoms. The summed E-state index contributed by atoms with van der Waals surface area (Å²) >= 11 is 0. The van der Waals surface area contributed by atoms with Crippen LogP contribution in [0.1, 0.15) is 78.1 Å². The number of amides is 1. The number of hydrogen-bond acceptors (Lipinski definition) is 2. The lowest BCUT2D eigenvalue weighted by atomic mass is 10.1. The number of carbonyl (C=O) groups excluding carboxylic acids is 1. The van der Waals surface area contributed by atoms with Crippen molar-refractivity contribution in [3.63, 3.8) is 0 Å². The van der Waals surface area contributed by atoms with Gasteiger partial charge in [-0.2, -0.15) is 0 Å². The van der Waals surface area contributed by atoms with E-state index >= 15 is 0 Å². The Kier molecular flexibility index (Phi) is 15.3. The molecule has 3 heteroatoms. The van der Waals surface area contributed by atoms with E-state index in [1.807, 2.05) is 6.26 Å². The highest BCUT2D eigenvalue weighted by Gasteiger charge is 1.99. The maximum absolute atomic E-state index is 11.4. The van der Waals surface area contributed by atoms with E-state index in [9.17, 15) is 4.79 Å². The zero-order chi connectivity index (χ0) is 14.9. The van der Waals surface area contributed by atoms with Crippen LogP contribution in [0.25, 0.3) is 0 Å². The molecule has 0 heterocycles. The smallest absolute Gasteiger partial charge is 0.219 e. The molecule has 0 fully saturated rings.